The van der Waals surface area contributed by atoms with Gasteiger partial charge in [-0.15, -0.1) is 0 Å². The minimum absolute atomic E-state index is 0.0275. The van der Waals surface area contributed by atoms with E-state index in [9.17, 15) is 14.1 Å². The standard InChI is InChI=1S/C25H33NO4S/c1-15(17-8-9-17)20-11-10-18-6-5-7-21(18)22(20)12-19(27)14-31(26,29)24-13-23(16(2)30-24)25(3,4)28/h10-11,13,15,17,26,28H,5-9,12,14H2,1-4H3/t15-,31+/m0/s1. The maximum absolute atomic E-state index is 13.1. The third-order valence-corrected chi connectivity index (χ3v) is 8.45. The third kappa shape index (κ3) is 4.51. The molecule has 0 radical (unpaired) electrons. The molecule has 0 saturated heterocycles. The predicted octanol–water partition coefficient (Wildman–Crippen LogP) is 5.04. The fourth-order valence-electron chi connectivity index (χ4n) is 5.02. The van der Waals surface area contributed by atoms with E-state index in [2.05, 4.69) is 19.1 Å². The van der Waals surface area contributed by atoms with Crippen LogP contribution in [0.3, 0.4) is 0 Å². The zero-order valence-electron chi connectivity index (χ0n) is 18.9. The Morgan fingerprint density at radius 2 is 2.03 bits per heavy atom. The summed E-state index contributed by atoms with van der Waals surface area (Å²) in [5.74, 6) is 0.988. The van der Waals surface area contributed by atoms with Crippen molar-refractivity contribution < 1.29 is 18.5 Å². The molecule has 2 atom stereocenters. The number of benzene rings is 1. The first-order valence-electron chi connectivity index (χ1n) is 11.2. The van der Waals surface area contributed by atoms with Gasteiger partial charge in [0.1, 0.15) is 15.5 Å². The first-order valence-corrected chi connectivity index (χ1v) is 12.9. The zero-order valence-corrected chi connectivity index (χ0v) is 19.7. The second-order valence-electron chi connectivity index (χ2n) is 9.88. The molecule has 31 heavy (non-hydrogen) atoms. The summed E-state index contributed by atoms with van der Waals surface area (Å²) in [5.41, 5.74) is 4.33. The SMILES string of the molecule is Cc1oc([S@](=N)(=O)CC(=O)Cc2c([C@@H](C)C3CC3)ccc3c2CCC3)cc1C(C)(C)O. The van der Waals surface area contributed by atoms with E-state index in [1.165, 1.54) is 35.6 Å². The molecule has 1 saturated carbocycles. The van der Waals surface area contributed by atoms with Crippen molar-refractivity contribution in [2.24, 2.45) is 5.92 Å². The third-order valence-electron chi connectivity index (χ3n) is 6.87. The quantitative estimate of drug-likeness (QED) is 0.598. The molecule has 0 amide bonds. The molecule has 0 unspecified atom stereocenters. The van der Waals surface area contributed by atoms with E-state index < -0.39 is 15.3 Å². The van der Waals surface area contributed by atoms with Crippen LogP contribution in [-0.2, 0) is 39.4 Å². The fourth-order valence-corrected chi connectivity index (χ4v) is 6.28. The lowest BCUT2D eigenvalue weighted by Crippen LogP contribution is -2.19. The van der Waals surface area contributed by atoms with Gasteiger partial charge in [-0.05, 0) is 87.0 Å². The van der Waals surface area contributed by atoms with Crippen molar-refractivity contribution in [3.8, 4) is 0 Å². The topological polar surface area (TPSA) is 91.4 Å². The van der Waals surface area contributed by atoms with Crippen LogP contribution >= 0.6 is 0 Å². The molecule has 6 heteroatoms. The highest BCUT2D eigenvalue weighted by Crippen LogP contribution is 2.44. The first kappa shape index (κ1) is 22.3. The molecule has 0 bridgehead atoms. The molecule has 0 spiro atoms. The Bertz CT molecular complexity index is 1120. The molecule has 2 N–H and O–H groups in total. The average molecular weight is 444 g/mol. The molecule has 168 valence electrons. The number of nitrogens with one attached hydrogen (secondary N) is 1. The molecule has 2 aliphatic carbocycles. The van der Waals surface area contributed by atoms with Crippen LogP contribution in [0.5, 0.6) is 0 Å². The van der Waals surface area contributed by atoms with Gasteiger partial charge in [0.15, 0.2) is 10.9 Å². The Morgan fingerprint density at radius 3 is 2.65 bits per heavy atom. The van der Waals surface area contributed by atoms with Crippen molar-refractivity contribution in [2.75, 3.05) is 5.75 Å². The van der Waals surface area contributed by atoms with Crippen LogP contribution in [0, 0.1) is 17.6 Å². The number of Topliss-reactive ketones (excluding diaryl/α,β-unsaturated/α-hetero) is 1. The molecule has 2 aliphatic rings. The molecule has 1 heterocycles. The van der Waals surface area contributed by atoms with E-state index in [0.717, 1.165) is 24.8 Å². The fraction of sp³-hybridized carbons (Fsp3) is 0.560. The first-order chi connectivity index (χ1) is 14.5. The summed E-state index contributed by atoms with van der Waals surface area (Å²) in [5, 5.41) is 10.2. The van der Waals surface area contributed by atoms with Gasteiger partial charge in [0.2, 0.25) is 0 Å². The number of aliphatic hydroxyl groups is 1. The van der Waals surface area contributed by atoms with Crippen LogP contribution < -0.4 is 0 Å². The molecule has 2 aromatic rings. The van der Waals surface area contributed by atoms with Crippen molar-refractivity contribution >= 4 is 15.5 Å². The van der Waals surface area contributed by atoms with Gasteiger partial charge in [0.25, 0.3) is 0 Å². The van der Waals surface area contributed by atoms with Crippen LogP contribution in [0.25, 0.3) is 0 Å². The van der Waals surface area contributed by atoms with Crippen molar-refractivity contribution in [2.45, 2.75) is 82.8 Å². The molecular weight excluding hydrogens is 410 g/mol. The summed E-state index contributed by atoms with van der Waals surface area (Å²) in [6, 6.07) is 5.89. The van der Waals surface area contributed by atoms with E-state index in [4.69, 9.17) is 9.20 Å². The average Bonchev–Trinajstić information content (AvgIpc) is 3.24. The second-order valence-corrected chi connectivity index (χ2v) is 11.9. The Labute approximate surface area is 185 Å². The van der Waals surface area contributed by atoms with E-state index in [-0.39, 0.29) is 23.0 Å². The zero-order chi connectivity index (χ0) is 22.6. The lowest BCUT2D eigenvalue weighted by atomic mass is 9.86. The highest BCUT2D eigenvalue weighted by molar-refractivity contribution is 7.93. The van der Waals surface area contributed by atoms with Gasteiger partial charge in [0, 0.05) is 18.1 Å². The number of carbonyl (C=O) groups is 1. The summed E-state index contributed by atoms with van der Waals surface area (Å²) >= 11 is 0. The Kier molecular flexibility index (Phi) is 5.67. The van der Waals surface area contributed by atoms with E-state index in [0.29, 0.717) is 23.2 Å². The Balaban J connectivity index is 1.59. The number of furan rings is 1. The van der Waals surface area contributed by atoms with Crippen molar-refractivity contribution in [1.82, 2.24) is 0 Å². The number of fused-ring (bicyclic) bond motifs is 1. The number of rotatable bonds is 8. The van der Waals surface area contributed by atoms with Gasteiger partial charge in [-0.2, -0.15) is 0 Å². The maximum Gasteiger partial charge on any atom is 0.199 e. The summed E-state index contributed by atoms with van der Waals surface area (Å²) in [6.07, 6.45) is 5.86. The monoisotopic (exact) mass is 443 g/mol. The molecule has 1 fully saturated rings. The molecule has 1 aromatic heterocycles. The number of aryl methyl sites for hydroxylation is 2. The van der Waals surface area contributed by atoms with E-state index in [1.54, 1.807) is 20.8 Å². The second kappa shape index (κ2) is 7.89. The van der Waals surface area contributed by atoms with Gasteiger partial charge in [-0.25, -0.2) is 8.99 Å². The van der Waals surface area contributed by atoms with Crippen LogP contribution in [0.15, 0.2) is 27.7 Å². The predicted molar refractivity (Wildman–Crippen MR) is 121 cm³/mol. The van der Waals surface area contributed by atoms with Crippen LogP contribution in [0.4, 0.5) is 0 Å². The summed E-state index contributed by atoms with van der Waals surface area (Å²) in [6.45, 7) is 7.15. The minimum Gasteiger partial charge on any atom is -0.451 e. The number of ketones is 1. The summed E-state index contributed by atoms with van der Waals surface area (Å²) in [7, 11) is -3.42. The van der Waals surface area contributed by atoms with Crippen molar-refractivity contribution in [3.05, 3.63) is 51.8 Å². The summed E-state index contributed by atoms with van der Waals surface area (Å²) < 4.78 is 27.1. The largest absolute Gasteiger partial charge is 0.451 e. The molecular formula is C25H33NO4S. The molecule has 1 aromatic carbocycles. The van der Waals surface area contributed by atoms with Crippen molar-refractivity contribution in [1.29, 1.82) is 4.78 Å². The van der Waals surface area contributed by atoms with E-state index >= 15 is 0 Å². The van der Waals surface area contributed by atoms with Crippen LogP contribution in [0.2, 0.25) is 0 Å². The highest BCUT2D eigenvalue weighted by atomic mass is 32.2. The van der Waals surface area contributed by atoms with E-state index in [1.807, 2.05) is 0 Å². The van der Waals surface area contributed by atoms with Gasteiger partial charge in [0.05, 0.1) is 11.4 Å². The molecule has 0 aliphatic heterocycles. The lowest BCUT2D eigenvalue weighted by Gasteiger charge is -2.19. The number of hydrogen-bond donors (Lipinski definition) is 2. The smallest absolute Gasteiger partial charge is 0.199 e. The highest BCUT2D eigenvalue weighted by Gasteiger charge is 2.33. The van der Waals surface area contributed by atoms with Crippen molar-refractivity contribution in [3.63, 3.8) is 0 Å². The Morgan fingerprint density at radius 1 is 1.32 bits per heavy atom. The normalized spacial score (nSPS) is 19.1. The van der Waals surface area contributed by atoms with Crippen LogP contribution in [-0.4, -0.2) is 20.9 Å². The van der Waals surface area contributed by atoms with Gasteiger partial charge in [-0.3, -0.25) is 4.79 Å². The Hall–Kier alpha value is -1.92. The van der Waals surface area contributed by atoms with Gasteiger partial charge in [-0.1, -0.05) is 19.1 Å². The minimum atomic E-state index is -3.42. The number of hydrogen-bond acceptors (Lipinski definition) is 5. The lowest BCUT2D eigenvalue weighted by molar-refractivity contribution is -0.116. The molecule has 5 nitrogen and oxygen atoms in total. The van der Waals surface area contributed by atoms with Gasteiger partial charge < -0.3 is 9.52 Å². The van der Waals surface area contributed by atoms with Gasteiger partial charge >= 0.3 is 0 Å². The maximum atomic E-state index is 13.1. The van der Waals surface area contributed by atoms with Crippen LogP contribution in [0.1, 0.15) is 79.5 Å². The summed E-state index contributed by atoms with van der Waals surface area (Å²) in [4.78, 5) is 13.1. The molecule has 4 rings (SSSR count). The number of carbonyl (C=O) groups excluding carboxylic acids is 1.